The van der Waals surface area contributed by atoms with Crippen LogP contribution in [0.5, 0.6) is 5.75 Å². The molecule has 6 nitrogen and oxygen atoms in total. The van der Waals surface area contributed by atoms with Crippen LogP contribution in [0.25, 0.3) is 16.6 Å². The van der Waals surface area contributed by atoms with E-state index in [1.807, 2.05) is 22.7 Å². The first-order valence-electron chi connectivity index (χ1n) is 7.64. The molecule has 0 aliphatic carbocycles. The van der Waals surface area contributed by atoms with E-state index < -0.39 is 0 Å². The van der Waals surface area contributed by atoms with Gasteiger partial charge in [-0.15, -0.1) is 0 Å². The van der Waals surface area contributed by atoms with Gasteiger partial charge in [0.1, 0.15) is 12.4 Å². The van der Waals surface area contributed by atoms with Crippen LogP contribution in [-0.2, 0) is 4.74 Å². The van der Waals surface area contributed by atoms with Crippen LogP contribution in [0.15, 0.2) is 35.3 Å². The van der Waals surface area contributed by atoms with Crippen molar-refractivity contribution in [3.05, 3.63) is 35.3 Å². The van der Waals surface area contributed by atoms with Crippen LogP contribution in [-0.4, -0.2) is 58.7 Å². The molecule has 23 heavy (non-hydrogen) atoms. The minimum atomic E-state index is 0.650. The Morgan fingerprint density at radius 3 is 2.96 bits per heavy atom. The number of halogens is 1. The van der Waals surface area contributed by atoms with Gasteiger partial charge in [0.05, 0.1) is 53.0 Å². The zero-order valence-corrected chi connectivity index (χ0v) is 14.2. The maximum absolute atomic E-state index is 5.95. The lowest BCUT2D eigenvalue weighted by molar-refractivity contribution is 0.0322. The van der Waals surface area contributed by atoms with Crippen LogP contribution in [0.3, 0.4) is 0 Å². The van der Waals surface area contributed by atoms with Gasteiger partial charge in [-0.3, -0.25) is 14.3 Å². The average Bonchev–Trinajstić information content (AvgIpc) is 3.05. The van der Waals surface area contributed by atoms with Crippen molar-refractivity contribution in [3.8, 4) is 5.75 Å². The quantitative estimate of drug-likeness (QED) is 0.699. The normalized spacial score (nSPS) is 16.2. The van der Waals surface area contributed by atoms with E-state index >= 15 is 0 Å². The van der Waals surface area contributed by atoms with Crippen LogP contribution < -0.4 is 4.74 Å². The highest BCUT2D eigenvalue weighted by Crippen LogP contribution is 2.30. The molecule has 0 radical (unpaired) electrons. The Labute approximate surface area is 142 Å². The molecule has 1 aromatic carbocycles. The fraction of sp³-hybridized carbons (Fsp3) is 0.375. The number of hydrogen-bond acceptors (Lipinski definition) is 5. The van der Waals surface area contributed by atoms with Crippen LogP contribution in [0.2, 0.25) is 0 Å². The van der Waals surface area contributed by atoms with Crippen LogP contribution in [0, 0.1) is 0 Å². The maximum Gasteiger partial charge on any atom is 0.135 e. The zero-order chi connectivity index (χ0) is 15.6. The van der Waals surface area contributed by atoms with Crippen LogP contribution >= 0.6 is 15.9 Å². The summed E-state index contributed by atoms with van der Waals surface area (Å²) in [5.41, 5.74) is 2.87. The molecule has 4 rings (SSSR count). The van der Waals surface area contributed by atoms with Gasteiger partial charge in [-0.25, -0.2) is 4.98 Å². The molecule has 0 atom stereocenters. The fourth-order valence-corrected chi connectivity index (χ4v) is 3.23. The molecule has 0 spiro atoms. The highest BCUT2D eigenvalue weighted by atomic mass is 79.9. The third kappa shape index (κ3) is 3.04. The SMILES string of the molecule is Brc1cc2c(cc1OCCN1CCOCC1)ncc1cncn12. The van der Waals surface area contributed by atoms with E-state index in [4.69, 9.17) is 9.47 Å². The van der Waals surface area contributed by atoms with Gasteiger partial charge in [0.2, 0.25) is 0 Å². The van der Waals surface area contributed by atoms with Crippen molar-refractivity contribution in [3.63, 3.8) is 0 Å². The molecule has 1 aliphatic rings. The molecule has 1 aliphatic heterocycles. The van der Waals surface area contributed by atoms with Crippen LogP contribution in [0.4, 0.5) is 0 Å². The van der Waals surface area contributed by atoms with Gasteiger partial charge in [-0.1, -0.05) is 0 Å². The van der Waals surface area contributed by atoms with Gasteiger partial charge in [-0.2, -0.15) is 0 Å². The smallest absolute Gasteiger partial charge is 0.135 e. The summed E-state index contributed by atoms with van der Waals surface area (Å²) < 4.78 is 14.2. The predicted octanol–water partition coefficient (Wildman–Crippen LogP) is 2.36. The number of rotatable bonds is 4. The maximum atomic E-state index is 5.95. The minimum absolute atomic E-state index is 0.650. The summed E-state index contributed by atoms with van der Waals surface area (Å²) >= 11 is 3.60. The highest BCUT2D eigenvalue weighted by Gasteiger charge is 2.11. The molecule has 7 heteroatoms. The molecule has 120 valence electrons. The van der Waals surface area contributed by atoms with Gasteiger partial charge >= 0.3 is 0 Å². The Hall–Kier alpha value is -1.70. The number of morpholine rings is 1. The Bertz CT molecular complexity index is 829. The lowest BCUT2D eigenvalue weighted by Crippen LogP contribution is -2.38. The number of aromatic nitrogens is 3. The first-order chi connectivity index (χ1) is 11.3. The lowest BCUT2D eigenvalue weighted by Gasteiger charge is -2.26. The summed E-state index contributed by atoms with van der Waals surface area (Å²) in [6.45, 7) is 5.12. The first-order valence-corrected chi connectivity index (χ1v) is 8.44. The van der Waals surface area contributed by atoms with Crippen molar-refractivity contribution in [1.82, 2.24) is 19.3 Å². The summed E-state index contributed by atoms with van der Waals surface area (Å²) in [7, 11) is 0. The lowest BCUT2D eigenvalue weighted by atomic mass is 10.2. The number of ether oxygens (including phenoxy) is 2. The van der Waals surface area contributed by atoms with E-state index in [9.17, 15) is 0 Å². The number of imidazole rings is 1. The largest absolute Gasteiger partial charge is 0.491 e. The number of benzene rings is 1. The number of fused-ring (bicyclic) bond motifs is 3. The second-order valence-electron chi connectivity index (χ2n) is 5.52. The van der Waals surface area contributed by atoms with Crippen molar-refractivity contribution >= 4 is 32.5 Å². The standard InChI is InChI=1S/C16H17BrN4O2/c17-13-7-15-14(19-10-12-9-18-11-21(12)15)8-16(13)23-6-3-20-1-4-22-5-2-20/h7-11H,1-6H2. The molecule has 0 saturated carbocycles. The Kier molecular flexibility index (Phi) is 4.15. The predicted molar refractivity (Wildman–Crippen MR) is 90.9 cm³/mol. The summed E-state index contributed by atoms with van der Waals surface area (Å²) in [5.74, 6) is 0.817. The molecule has 1 saturated heterocycles. The Balaban J connectivity index is 1.52. The summed E-state index contributed by atoms with van der Waals surface area (Å²) in [6.07, 6.45) is 5.42. The first kappa shape index (κ1) is 14.9. The van der Waals surface area contributed by atoms with E-state index in [1.54, 1.807) is 12.5 Å². The summed E-state index contributed by atoms with van der Waals surface area (Å²) in [6, 6.07) is 4.00. The molecule has 0 amide bonds. The van der Waals surface area contributed by atoms with Crippen molar-refractivity contribution < 1.29 is 9.47 Å². The van der Waals surface area contributed by atoms with Gasteiger partial charge in [-0.05, 0) is 22.0 Å². The van der Waals surface area contributed by atoms with Crippen molar-refractivity contribution in [2.75, 3.05) is 39.5 Å². The van der Waals surface area contributed by atoms with E-state index in [0.717, 1.165) is 59.6 Å². The van der Waals surface area contributed by atoms with E-state index in [0.29, 0.717) is 6.61 Å². The highest BCUT2D eigenvalue weighted by molar-refractivity contribution is 9.10. The molecular weight excluding hydrogens is 360 g/mol. The van der Waals surface area contributed by atoms with E-state index in [-0.39, 0.29) is 0 Å². The molecule has 3 heterocycles. The monoisotopic (exact) mass is 376 g/mol. The molecule has 2 aromatic heterocycles. The Morgan fingerprint density at radius 1 is 1.22 bits per heavy atom. The second kappa shape index (κ2) is 6.43. The average molecular weight is 377 g/mol. The summed E-state index contributed by atoms with van der Waals surface area (Å²) in [4.78, 5) is 11.0. The topological polar surface area (TPSA) is 51.9 Å². The second-order valence-corrected chi connectivity index (χ2v) is 6.37. The van der Waals surface area contributed by atoms with Crippen LogP contribution in [0.1, 0.15) is 0 Å². The minimum Gasteiger partial charge on any atom is -0.491 e. The van der Waals surface area contributed by atoms with Gasteiger partial charge < -0.3 is 9.47 Å². The number of nitrogens with zero attached hydrogens (tertiary/aromatic N) is 4. The fourth-order valence-electron chi connectivity index (χ4n) is 2.79. The van der Waals surface area contributed by atoms with Crippen molar-refractivity contribution in [2.45, 2.75) is 0 Å². The Morgan fingerprint density at radius 2 is 2.09 bits per heavy atom. The molecule has 1 fully saturated rings. The van der Waals surface area contributed by atoms with E-state index in [2.05, 4.69) is 30.8 Å². The number of hydrogen-bond donors (Lipinski definition) is 0. The summed E-state index contributed by atoms with van der Waals surface area (Å²) in [5, 5.41) is 0. The van der Waals surface area contributed by atoms with Crippen molar-refractivity contribution in [2.24, 2.45) is 0 Å². The van der Waals surface area contributed by atoms with E-state index in [1.165, 1.54) is 0 Å². The van der Waals surface area contributed by atoms with Gasteiger partial charge in [0.15, 0.2) is 0 Å². The zero-order valence-electron chi connectivity index (χ0n) is 12.6. The molecule has 0 unspecified atom stereocenters. The third-order valence-electron chi connectivity index (χ3n) is 4.06. The molecule has 0 bridgehead atoms. The van der Waals surface area contributed by atoms with Gasteiger partial charge in [0.25, 0.3) is 0 Å². The van der Waals surface area contributed by atoms with Gasteiger partial charge in [0, 0.05) is 25.7 Å². The molecular formula is C16H17BrN4O2. The molecule has 3 aromatic rings. The molecule has 0 N–H and O–H groups in total. The van der Waals surface area contributed by atoms with Crippen molar-refractivity contribution in [1.29, 1.82) is 0 Å². The third-order valence-corrected chi connectivity index (χ3v) is 4.68.